The van der Waals surface area contributed by atoms with Gasteiger partial charge in [-0.1, -0.05) is 103 Å². The van der Waals surface area contributed by atoms with Gasteiger partial charge in [-0.15, -0.1) is 11.8 Å². The van der Waals surface area contributed by atoms with Crippen molar-refractivity contribution in [2.45, 2.75) is 170 Å². The molecule has 0 aromatic carbocycles. The molecule has 2 saturated heterocycles. The molecule has 0 radical (unpaired) electrons. The zero-order valence-electron chi connectivity index (χ0n) is 38.6. The number of thioether (sulfide) groups is 1. The van der Waals surface area contributed by atoms with Crippen LogP contribution in [0.4, 0.5) is 0 Å². The van der Waals surface area contributed by atoms with E-state index in [4.69, 9.17) is 39.3 Å². The maximum Gasteiger partial charge on any atom is 0.397 e. The van der Waals surface area contributed by atoms with Gasteiger partial charge in [0.1, 0.15) is 48.2 Å². The van der Waals surface area contributed by atoms with Gasteiger partial charge < -0.3 is 14.2 Å². The van der Waals surface area contributed by atoms with Crippen LogP contribution in [0, 0.1) is 0 Å². The molecule has 0 aromatic heterocycles. The van der Waals surface area contributed by atoms with Gasteiger partial charge in [-0.2, -0.15) is 58.9 Å². The minimum absolute atomic E-state index is 0.0781. The predicted octanol–water partition coefficient (Wildman–Crippen LogP) is 2.02. The molecule has 0 aromatic rings. The van der Waals surface area contributed by atoms with Crippen LogP contribution in [0.15, 0.2) is 0 Å². The summed E-state index contributed by atoms with van der Waals surface area (Å²) in [5.74, 6) is 0.0781. The first-order chi connectivity index (χ1) is 31.6. The molecule has 2 fully saturated rings. The van der Waals surface area contributed by atoms with Crippen LogP contribution in [0.3, 0.4) is 0 Å². The van der Waals surface area contributed by atoms with E-state index in [9.17, 15) is 72.6 Å². The Hall–Kier alpha value is -0.520. The summed E-state index contributed by atoms with van der Waals surface area (Å²) in [5.41, 5.74) is -1.83. The number of unbranched alkanes of at least 4 members (excludes halogenated alkanes) is 15. The molecule has 0 amide bonds. The van der Waals surface area contributed by atoms with Gasteiger partial charge in [0.25, 0.3) is 40.5 Å². The molecule has 35 heteroatoms. The van der Waals surface area contributed by atoms with E-state index in [0.29, 0.717) is 49.6 Å². The van der Waals surface area contributed by atoms with Crippen molar-refractivity contribution in [2.75, 3.05) is 44.0 Å². The Balaban J connectivity index is 2.51. The van der Waals surface area contributed by atoms with Crippen LogP contribution in [-0.2, 0) is 115 Å². The van der Waals surface area contributed by atoms with Crippen LogP contribution in [0.1, 0.15) is 110 Å². The molecule has 2 heterocycles. The number of hydrogen-bond acceptors (Lipinski definition) is 25. The van der Waals surface area contributed by atoms with Crippen molar-refractivity contribution in [3.63, 3.8) is 0 Å². The molecule has 2 rings (SSSR count). The smallest absolute Gasteiger partial charge is 0.356 e. The standard InChI is InChI=1S/C34H66O27S8/c1-6-7-8-9-10-11-12-13-14-15-16-17-18-19-20-21-22-62-34-32(61-69(49,50)51)29(60-68(46,47)48)27(25(55-34)24-53-67(43,44)45)56-33-31(59-66(5,41)42)30(58-65(4,39)40)28(57-64(3,37)38)26(54-33)23-52-63(2,35)36/h25-34H,6-24H2,1-5H3,(H,43,44,45)(H,46,47,48)(H,49,50,51)/t25-,26-,27-,28+,29+,30+,31-,32-,33+,34+/m1/s1. The van der Waals surface area contributed by atoms with Crippen LogP contribution in [0.25, 0.3) is 0 Å². The van der Waals surface area contributed by atoms with E-state index >= 15 is 0 Å². The summed E-state index contributed by atoms with van der Waals surface area (Å²) in [6, 6.07) is 0. The highest BCUT2D eigenvalue weighted by molar-refractivity contribution is 7.99. The highest BCUT2D eigenvalue weighted by Gasteiger charge is 2.58. The molecule has 2 aliphatic rings. The van der Waals surface area contributed by atoms with Crippen molar-refractivity contribution in [1.82, 2.24) is 0 Å². The summed E-state index contributed by atoms with van der Waals surface area (Å²) in [6.07, 6.45) is -3.81. The van der Waals surface area contributed by atoms with Crippen molar-refractivity contribution >= 4 is 83.4 Å². The third kappa shape index (κ3) is 29.2. The lowest BCUT2D eigenvalue weighted by atomic mass is 9.97. The Morgan fingerprint density at radius 1 is 0.406 bits per heavy atom. The molecular weight excluding hydrogens is 1100 g/mol. The molecule has 2 aliphatic heterocycles. The predicted molar refractivity (Wildman–Crippen MR) is 244 cm³/mol. The summed E-state index contributed by atoms with van der Waals surface area (Å²) >= 11 is 0.707. The van der Waals surface area contributed by atoms with Crippen LogP contribution >= 0.6 is 11.8 Å². The van der Waals surface area contributed by atoms with Crippen LogP contribution in [0.2, 0.25) is 0 Å². The highest BCUT2D eigenvalue weighted by atomic mass is 32.3. The number of ether oxygens (including phenoxy) is 3. The fourth-order valence-electron chi connectivity index (χ4n) is 7.21. The Kier molecular flexibility index (Phi) is 27.1. The minimum atomic E-state index is -5.83. The van der Waals surface area contributed by atoms with E-state index in [-0.39, 0.29) is 5.75 Å². The molecule has 0 aliphatic carbocycles. The second kappa shape index (κ2) is 29.0. The molecule has 412 valence electrons. The normalized spacial score (nSPS) is 26.8. The minimum Gasteiger partial charge on any atom is -0.356 e. The van der Waals surface area contributed by atoms with E-state index in [1.165, 1.54) is 51.4 Å². The number of hydrogen-bond donors (Lipinski definition) is 3. The molecule has 27 nitrogen and oxygen atoms in total. The van der Waals surface area contributed by atoms with Gasteiger partial charge in [0, 0.05) is 0 Å². The lowest BCUT2D eigenvalue weighted by Crippen LogP contribution is -2.66. The fourth-order valence-corrected chi connectivity index (χ4v) is 12.0. The Bertz CT molecular complexity index is 2350. The van der Waals surface area contributed by atoms with E-state index in [2.05, 4.69) is 11.1 Å². The van der Waals surface area contributed by atoms with Crippen molar-refractivity contribution in [3.05, 3.63) is 0 Å². The summed E-state index contributed by atoms with van der Waals surface area (Å²) in [4.78, 5) is 0. The van der Waals surface area contributed by atoms with Gasteiger partial charge in [-0.05, 0) is 12.2 Å². The van der Waals surface area contributed by atoms with Gasteiger partial charge >= 0.3 is 31.2 Å². The van der Waals surface area contributed by atoms with E-state index in [0.717, 1.165) is 38.5 Å². The zero-order chi connectivity index (χ0) is 52.5. The lowest BCUT2D eigenvalue weighted by molar-refractivity contribution is -0.324. The van der Waals surface area contributed by atoms with Gasteiger partial charge in [0.2, 0.25) is 0 Å². The first-order valence-electron chi connectivity index (χ1n) is 21.6. The second-order valence-corrected chi connectivity index (χ2v) is 27.2. The monoisotopic (exact) mass is 1160 g/mol. The topological polar surface area (TPSA) is 392 Å². The summed E-state index contributed by atoms with van der Waals surface area (Å²) in [5, 5.41) is 0. The zero-order valence-corrected chi connectivity index (χ0v) is 45.1. The molecule has 10 atom stereocenters. The van der Waals surface area contributed by atoms with Crippen LogP contribution < -0.4 is 0 Å². The molecule has 0 unspecified atom stereocenters. The van der Waals surface area contributed by atoms with Crippen molar-refractivity contribution < 1.29 is 116 Å². The summed E-state index contributed by atoms with van der Waals surface area (Å²) in [6.45, 7) is -0.538. The molecule has 69 heavy (non-hydrogen) atoms. The van der Waals surface area contributed by atoms with E-state index < -0.39 is 145 Å². The first-order valence-corrected chi connectivity index (χ1v) is 34.0. The third-order valence-electron chi connectivity index (χ3n) is 9.90. The van der Waals surface area contributed by atoms with Crippen LogP contribution in [-0.4, -0.2) is 177 Å². The first kappa shape index (κ1) is 64.6. The average Bonchev–Trinajstić information content (AvgIpc) is 3.15. The van der Waals surface area contributed by atoms with Crippen molar-refractivity contribution in [2.24, 2.45) is 0 Å². The highest BCUT2D eigenvalue weighted by Crippen LogP contribution is 2.39. The molecular formula is C34H66O27S8. The van der Waals surface area contributed by atoms with Crippen molar-refractivity contribution in [3.8, 4) is 0 Å². The quantitative estimate of drug-likeness (QED) is 0.0459. The second-order valence-electron chi connectivity index (χ2n) is 16.3. The SMILES string of the molecule is CCCCCCCCCCCCCCCCCCS[C@@H]1O[C@H](COS(=O)(=O)O)[C@@H](O[C@@H]2O[C@H](COS(C)(=O)=O)[C@H](OS(C)(=O)=O)[C@H](OS(C)(=O)=O)[C@H]2OS(C)(=O)=O)[C@H](OS(=O)(=O)O)[C@H]1OS(=O)(=O)O. The summed E-state index contributed by atoms with van der Waals surface area (Å²) < 4.78 is 252. The van der Waals surface area contributed by atoms with Crippen LogP contribution in [0.5, 0.6) is 0 Å². The Morgan fingerprint density at radius 2 is 0.783 bits per heavy atom. The van der Waals surface area contributed by atoms with Gasteiger partial charge in [0.15, 0.2) is 12.4 Å². The average molecular weight is 1160 g/mol. The summed E-state index contributed by atoms with van der Waals surface area (Å²) in [7, 11) is -36.0. The lowest BCUT2D eigenvalue weighted by Gasteiger charge is -2.48. The van der Waals surface area contributed by atoms with Crippen molar-refractivity contribution in [1.29, 1.82) is 0 Å². The van der Waals surface area contributed by atoms with E-state index in [1.54, 1.807) is 0 Å². The van der Waals surface area contributed by atoms with Gasteiger partial charge in [0.05, 0.1) is 38.2 Å². The molecule has 0 saturated carbocycles. The van der Waals surface area contributed by atoms with Gasteiger partial charge in [-0.25, -0.2) is 12.5 Å². The van der Waals surface area contributed by atoms with E-state index in [1.807, 2.05) is 0 Å². The molecule has 3 N–H and O–H groups in total. The molecule has 0 bridgehead atoms. The fraction of sp³-hybridized carbons (Fsp3) is 1.00. The number of rotatable bonds is 36. The Labute approximate surface area is 411 Å². The molecule has 0 spiro atoms. The maximum atomic E-state index is 12.7. The Morgan fingerprint density at radius 3 is 1.20 bits per heavy atom. The third-order valence-corrected chi connectivity index (χ3v) is 14.8. The largest absolute Gasteiger partial charge is 0.397 e. The maximum absolute atomic E-state index is 12.7. The van der Waals surface area contributed by atoms with Gasteiger partial charge in [-0.3, -0.25) is 30.4 Å².